The van der Waals surface area contributed by atoms with Crippen molar-refractivity contribution in [3.8, 4) is 0 Å². The van der Waals surface area contributed by atoms with Crippen LogP contribution < -0.4 is 0 Å². The van der Waals surface area contributed by atoms with E-state index in [2.05, 4.69) is 70.5 Å². The molecular weight excluding hydrogens is 304 g/mol. The third kappa shape index (κ3) is 1.36. The summed E-state index contributed by atoms with van der Waals surface area (Å²) in [7, 11) is 0. The number of halogens is 1. The van der Waals surface area contributed by atoms with Crippen molar-refractivity contribution < 1.29 is 0 Å². The molecule has 0 saturated heterocycles. The highest BCUT2D eigenvalue weighted by atomic mass is 79.9. The van der Waals surface area contributed by atoms with Crippen LogP contribution >= 0.6 is 27.3 Å². The Labute approximate surface area is 117 Å². The van der Waals surface area contributed by atoms with Gasteiger partial charge in [-0.15, -0.1) is 11.3 Å². The molecule has 86 valence electrons. The fraction of sp³-hybridized carbons (Fsp3) is 0. The lowest BCUT2D eigenvalue weighted by Gasteiger charge is -2.02. The van der Waals surface area contributed by atoms with Crippen molar-refractivity contribution in [3.63, 3.8) is 0 Å². The zero-order valence-electron chi connectivity index (χ0n) is 9.48. The Hall–Kier alpha value is -1.38. The van der Waals surface area contributed by atoms with Gasteiger partial charge < -0.3 is 0 Å². The van der Waals surface area contributed by atoms with E-state index in [1.54, 1.807) is 0 Å². The molecule has 0 atom stereocenters. The average Bonchev–Trinajstić information content (AvgIpc) is 2.79. The lowest BCUT2D eigenvalue weighted by molar-refractivity contribution is 1.79. The molecule has 1 heterocycles. The minimum absolute atomic E-state index is 1.19. The second-order valence-corrected chi connectivity index (χ2v) is 6.29. The van der Waals surface area contributed by atoms with E-state index in [1.807, 2.05) is 11.3 Å². The van der Waals surface area contributed by atoms with E-state index in [9.17, 15) is 0 Å². The highest BCUT2D eigenvalue weighted by Gasteiger charge is 2.10. The molecule has 18 heavy (non-hydrogen) atoms. The van der Waals surface area contributed by atoms with Crippen molar-refractivity contribution in [3.05, 3.63) is 59.1 Å². The van der Waals surface area contributed by atoms with Crippen molar-refractivity contribution in [2.75, 3.05) is 0 Å². The number of fused-ring (bicyclic) bond motifs is 5. The van der Waals surface area contributed by atoms with E-state index in [1.165, 1.54) is 35.4 Å². The number of rotatable bonds is 0. The van der Waals surface area contributed by atoms with Crippen molar-refractivity contribution in [2.45, 2.75) is 0 Å². The van der Waals surface area contributed by atoms with E-state index in [0.29, 0.717) is 0 Å². The second-order valence-electron chi connectivity index (χ2n) is 4.38. The fourth-order valence-corrected chi connectivity index (χ4v) is 4.56. The van der Waals surface area contributed by atoms with Crippen LogP contribution in [0.15, 0.2) is 59.1 Å². The Morgan fingerprint density at radius 1 is 0.833 bits per heavy atom. The van der Waals surface area contributed by atoms with Crippen molar-refractivity contribution >= 4 is 58.2 Å². The largest absolute Gasteiger partial charge is 0.134 e. The third-order valence-corrected chi connectivity index (χ3v) is 5.15. The smallest absolute Gasteiger partial charge is 0.0445 e. The van der Waals surface area contributed by atoms with Crippen LogP contribution in [-0.2, 0) is 0 Å². The van der Waals surface area contributed by atoms with Gasteiger partial charge in [0, 0.05) is 24.6 Å². The maximum absolute atomic E-state index is 3.72. The third-order valence-electron chi connectivity index (χ3n) is 3.32. The van der Waals surface area contributed by atoms with Crippen LogP contribution in [0, 0.1) is 0 Å². The zero-order valence-corrected chi connectivity index (χ0v) is 11.9. The van der Waals surface area contributed by atoms with E-state index < -0.39 is 0 Å². The monoisotopic (exact) mass is 312 g/mol. The Morgan fingerprint density at radius 2 is 1.56 bits per heavy atom. The van der Waals surface area contributed by atoms with Gasteiger partial charge in [-0.05, 0) is 22.9 Å². The molecule has 4 rings (SSSR count). The SMILES string of the molecule is Brc1cc2ccccc2c2sc3ccccc3c12. The van der Waals surface area contributed by atoms with Crippen LogP contribution in [0.25, 0.3) is 30.9 Å². The first-order valence-electron chi connectivity index (χ1n) is 5.83. The number of hydrogen-bond donors (Lipinski definition) is 0. The van der Waals surface area contributed by atoms with Gasteiger partial charge in [-0.3, -0.25) is 0 Å². The van der Waals surface area contributed by atoms with Gasteiger partial charge >= 0.3 is 0 Å². The maximum atomic E-state index is 3.72. The first-order chi connectivity index (χ1) is 8.84. The summed E-state index contributed by atoms with van der Waals surface area (Å²) in [5.74, 6) is 0. The Kier molecular flexibility index (Phi) is 2.23. The Bertz CT molecular complexity index is 889. The average molecular weight is 313 g/mol. The standard InChI is InChI=1S/C16H9BrS/c17-13-9-10-5-1-2-6-11(10)16-15(13)12-7-3-4-8-14(12)18-16/h1-9H. The van der Waals surface area contributed by atoms with Gasteiger partial charge in [-0.2, -0.15) is 0 Å². The van der Waals surface area contributed by atoms with E-state index in [4.69, 9.17) is 0 Å². The summed E-state index contributed by atoms with van der Waals surface area (Å²) in [5.41, 5.74) is 0. The number of hydrogen-bond acceptors (Lipinski definition) is 1. The summed E-state index contributed by atoms with van der Waals surface area (Å²) in [4.78, 5) is 0. The maximum Gasteiger partial charge on any atom is 0.0445 e. The zero-order chi connectivity index (χ0) is 12.1. The normalized spacial score (nSPS) is 11.6. The Balaban J connectivity index is 2.38. The topological polar surface area (TPSA) is 0 Å². The summed E-state index contributed by atoms with van der Waals surface area (Å²) < 4.78 is 3.92. The van der Waals surface area contributed by atoms with Crippen molar-refractivity contribution in [2.24, 2.45) is 0 Å². The summed E-state index contributed by atoms with van der Waals surface area (Å²) in [5, 5.41) is 5.32. The van der Waals surface area contributed by atoms with Gasteiger partial charge in [0.25, 0.3) is 0 Å². The molecule has 0 unspecified atom stereocenters. The molecule has 0 N–H and O–H groups in total. The molecule has 0 aliphatic heterocycles. The molecule has 0 amide bonds. The van der Waals surface area contributed by atoms with Gasteiger partial charge in [-0.25, -0.2) is 0 Å². The first kappa shape index (κ1) is 10.5. The van der Waals surface area contributed by atoms with Gasteiger partial charge in [0.15, 0.2) is 0 Å². The quantitative estimate of drug-likeness (QED) is 0.375. The molecule has 0 bridgehead atoms. The molecule has 0 aliphatic carbocycles. The summed E-state index contributed by atoms with van der Waals surface area (Å²) in [6, 6.07) is 19.4. The van der Waals surface area contributed by atoms with Crippen LogP contribution in [0.1, 0.15) is 0 Å². The molecule has 0 fully saturated rings. The lowest BCUT2D eigenvalue weighted by Crippen LogP contribution is -1.74. The summed E-state index contributed by atoms with van der Waals surface area (Å²) in [6.45, 7) is 0. The van der Waals surface area contributed by atoms with Crippen LogP contribution in [0.2, 0.25) is 0 Å². The van der Waals surface area contributed by atoms with Gasteiger partial charge in [0.1, 0.15) is 0 Å². The van der Waals surface area contributed by atoms with E-state index >= 15 is 0 Å². The van der Waals surface area contributed by atoms with Crippen LogP contribution in [0.3, 0.4) is 0 Å². The molecule has 0 aliphatic rings. The van der Waals surface area contributed by atoms with Crippen molar-refractivity contribution in [1.82, 2.24) is 0 Å². The predicted octanol–water partition coefficient (Wildman–Crippen LogP) is 5.97. The van der Waals surface area contributed by atoms with Gasteiger partial charge in [0.2, 0.25) is 0 Å². The predicted molar refractivity (Wildman–Crippen MR) is 84.5 cm³/mol. The molecule has 2 heteroatoms. The van der Waals surface area contributed by atoms with Crippen LogP contribution in [0.4, 0.5) is 0 Å². The van der Waals surface area contributed by atoms with Crippen molar-refractivity contribution in [1.29, 1.82) is 0 Å². The highest BCUT2D eigenvalue weighted by molar-refractivity contribution is 9.10. The summed E-state index contributed by atoms with van der Waals surface area (Å²) in [6.07, 6.45) is 0. The molecule has 1 aromatic heterocycles. The molecule has 3 aromatic carbocycles. The minimum Gasteiger partial charge on any atom is -0.134 e. The summed E-state index contributed by atoms with van der Waals surface area (Å²) >= 11 is 5.60. The van der Waals surface area contributed by atoms with Gasteiger partial charge in [-0.1, -0.05) is 58.4 Å². The molecule has 0 nitrogen and oxygen atoms in total. The molecular formula is C16H9BrS. The van der Waals surface area contributed by atoms with Crippen LogP contribution in [0.5, 0.6) is 0 Å². The lowest BCUT2D eigenvalue weighted by atomic mass is 10.1. The molecule has 0 spiro atoms. The molecule has 0 radical (unpaired) electrons. The molecule has 4 aromatic rings. The number of benzene rings is 3. The number of thiophene rings is 1. The van der Waals surface area contributed by atoms with E-state index in [0.717, 1.165) is 0 Å². The fourth-order valence-electron chi connectivity index (χ4n) is 2.51. The highest BCUT2D eigenvalue weighted by Crippen LogP contribution is 2.42. The van der Waals surface area contributed by atoms with Crippen LogP contribution in [-0.4, -0.2) is 0 Å². The second kappa shape index (κ2) is 3.81. The molecule has 0 saturated carbocycles. The van der Waals surface area contributed by atoms with Gasteiger partial charge in [0.05, 0.1) is 0 Å². The Morgan fingerprint density at radius 3 is 2.44 bits per heavy atom. The van der Waals surface area contributed by atoms with E-state index in [-0.39, 0.29) is 0 Å². The first-order valence-corrected chi connectivity index (χ1v) is 7.44. The minimum atomic E-state index is 1.19.